The molecular formula is C13H24N2. The van der Waals surface area contributed by atoms with E-state index in [0.717, 1.165) is 12.5 Å². The fourth-order valence-corrected chi connectivity index (χ4v) is 2.34. The Morgan fingerprint density at radius 1 is 1.20 bits per heavy atom. The van der Waals surface area contributed by atoms with Gasteiger partial charge in [-0.25, -0.2) is 0 Å². The maximum Gasteiger partial charge on any atom is 0.101 e. The van der Waals surface area contributed by atoms with E-state index >= 15 is 0 Å². The molecule has 1 N–H and O–H groups in total. The van der Waals surface area contributed by atoms with Crippen LogP contribution in [0.1, 0.15) is 53.4 Å². The molecule has 86 valence electrons. The predicted molar refractivity (Wildman–Crippen MR) is 63.4 cm³/mol. The highest BCUT2D eigenvalue weighted by Crippen LogP contribution is 2.39. The molecule has 0 aromatic carbocycles. The van der Waals surface area contributed by atoms with Gasteiger partial charge in [-0.15, -0.1) is 0 Å². The average molecular weight is 208 g/mol. The van der Waals surface area contributed by atoms with E-state index < -0.39 is 5.54 Å². The zero-order valence-electron chi connectivity index (χ0n) is 10.6. The molecule has 0 atom stereocenters. The fourth-order valence-electron chi connectivity index (χ4n) is 2.34. The highest BCUT2D eigenvalue weighted by atomic mass is 15.0. The Bertz CT molecular complexity index is 242. The van der Waals surface area contributed by atoms with E-state index in [2.05, 4.69) is 25.2 Å². The molecule has 15 heavy (non-hydrogen) atoms. The Labute approximate surface area is 94.1 Å². The summed E-state index contributed by atoms with van der Waals surface area (Å²) >= 11 is 0. The molecule has 0 saturated heterocycles. The molecule has 1 aliphatic rings. The summed E-state index contributed by atoms with van der Waals surface area (Å²) in [5.74, 6) is 0.833. The lowest BCUT2D eigenvalue weighted by Gasteiger charge is -2.34. The molecule has 2 nitrogen and oxygen atoms in total. The van der Waals surface area contributed by atoms with Crippen molar-refractivity contribution in [3.63, 3.8) is 0 Å². The van der Waals surface area contributed by atoms with Crippen molar-refractivity contribution in [2.45, 2.75) is 58.9 Å². The molecule has 0 radical (unpaired) electrons. The Morgan fingerprint density at radius 2 is 1.73 bits per heavy atom. The number of hydrogen-bond acceptors (Lipinski definition) is 2. The minimum absolute atomic E-state index is 0.324. The van der Waals surface area contributed by atoms with Crippen molar-refractivity contribution in [3.8, 4) is 6.07 Å². The molecule has 0 amide bonds. The molecule has 1 saturated carbocycles. The fraction of sp³-hybridized carbons (Fsp3) is 0.923. The van der Waals surface area contributed by atoms with Crippen molar-refractivity contribution >= 4 is 0 Å². The molecule has 0 unspecified atom stereocenters. The second kappa shape index (κ2) is 4.53. The summed E-state index contributed by atoms with van der Waals surface area (Å²) in [6.07, 6.45) is 5.49. The molecule has 0 aromatic heterocycles. The van der Waals surface area contributed by atoms with Crippen LogP contribution in [0, 0.1) is 22.7 Å². The number of nitriles is 1. The van der Waals surface area contributed by atoms with Crippen LogP contribution in [0.25, 0.3) is 0 Å². The van der Waals surface area contributed by atoms with E-state index in [0.29, 0.717) is 5.41 Å². The Kier molecular flexibility index (Phi) is 3.78. The van der Waals surface area contributed by atoms with Crippen LogP contribution in [0.15, 0.2) is 0 Å². The van der Waals surface area contributed by atoms with Crippen LogP contribution in [-0.4, -0.2) is 12.1 Å². The molecule has 1 fully saturated rings. The summed E-state index contributed by atoms with van der Waals surface area (Å²) in [7, 11) is 0. The standard InChI is InChI=1S/C13H24N2/c1-12(2,11-7-5-6-8-11)10-15-13(3,4)9-14/h11,15H,5-8,10H2,1-4H3. The molecule has 1 aliphatic carbocycles. The molecular weight excluding hydrogens is 184 g/mol. The van der Waals surface area contributed by atoms with Gasteiger partial charge in [0, 0.05) is 6.54 Å². The van der Waals surface area contributed by atoms with Gasteiger partial charge in [-0.3, -0.25) is 5.32 Å². The van der Waals surface area contributed by atoms with Gasteiger partial charge in [-0.2, -0.15) is 5.26 Å². The lowest BCUT2D eigenvalue weighted by atomic mass is 9.77. The summed E-state index contributed by atoms with van der Waals surface area (Å²) in [5, 5.41) is 12.3. The second-order valence-corrected chi connectivity index (χ2v) is 6.06. The second-order valence-electron chi connectivity index (χ2n) is 6.06. The van der Waals surface area contributed by atoms with Crippen LogP contribution < -0.4 is 5.32 Å². The third kappa shape index (κ3) is 3.50. The number of rotatable bonds is 4. The normalized spacial score (nSPS) is 19.1. The van der Waals surface area contributed by atoms with Gasteiger partial charge < -0.3 is 0 Å². The topological polar surface area (TPSA) is 35.8 Å². The van der Waals surface area contributed by atoms with E-state index in [9.17, 15) is 0 Å². The van der Waals surface area contributed by atoms with Gasteiger partial charge in [-0.05, 0) is 38.0 Å². The molecule has 1 rings (SSSR count). The lowest BCUT2D eigenvalue weighted by molar-refractivity contribution is 0.196. The molecule has 0 heterocycles. The Morgan fingerprint density at radius 3 is 2.20 bits per heavy atom. The van der Waals surface area contributed by atoms with E-state index in [-0.39, 0.29) is 0 Å². The van der Waals surface area contributed by atoms with Crippen LogP contribution in [0.3, 0.4) is 0 Å². The van der Waals surface area contributed by atoms with Crippen LogP contribution in [0.5, 0.6) is 0 Å². The van der Waals surface area contributed by atoms with E-state index in [1.165, 1.54) is 25.7 Å². The van der Waals surface area contributed by atoms with Crippen molar-refractivity contribution in [1.29, 1.82) is 5.26 Å². The minimum Gasteiger partial charge on any atom is -0.299 e. The molecule has 0 bridgehead atoms. The van der Waals surface area contributed by atoms with Gasteiger partial charge >= 0.3 is 0 Å². The first-order chi connectivity index (χ1) is 6.87. The lowest BCUT2D eigenvalue weighted by Crippen LogP contribution is -2.45. The van der Waals surface area contributed by atoms with Crippen LogP contribution in [0.2, 0.25) is 0 Å². The van der Waals surface area contributed by atoms with E-state index in [4.69, 9.17) is 5.26 Å². The van der Waals surface area contributed by atoms with Gasteiger partial charge in [0.05, 0.1) is 6.07 Å². The summed E-state index contributed by atoms with van der Waals surface area (Å²) < 4.78 is 0. The largest absolute Gasteiger partial charge is 0.299 e. The zero-order valence-corrected chi connectivity index (χ0v) is 10.6. The van der Waals surface area contributed by atoms with Gasteiger partial charge in [0.25, 0.3) is 0 Å². The SMILES string of the molecule is CC(C)(C#N)NCC(C)(C)C1CCCC1. The van der Waals surface area contributed by atoms with Crippen molar-refractivity contribution in [2.24, 2.45) is 11.3 Å². The number of hydrogen-bond donors (Lipinski definition) is 1. The summed E-state index contributed by atoms with van der Waals surface area (Å²) in [6, 6.07) is 2.29. The smallest absolute Gasteiger partial charge is 0.101 e. The highest BCUT2D eigenvalue weighted by Gasteiger charge is 2.32. The van der Waals surface area contributed by atoms with Gasteiger partial charge in [0.15, 0.2) is 0 Å². The quantitative estimate of drug-likeness (QED) is 0.770. The van der Waals surface area contributed by atoms with E-state index in [1.54, 1.807) is 0 Å². The maximum absolute atomic E-state index is 8.94. The molecule has 0 spiro atoms. The number of nitrogens with zero attached hydrogens (tertiary/aromatic N) is 1. The van der Waals surface area contributed by atoms with Crippen molar-refractivity contribution < 1.29 is 0 Å². The molecule has 0 aromatic rings. The van der Waals surface area contributed by atoms with Gasteiger partial charge in [-0.1, -0.05) is 26.7 Å². The van der Waals surface area contributed by atoms with Crippen LogP contribution in [0.4, 0.5) is 0 Å². The third-order valence-corrected chi connectivity index (χ3v) is 3.73. The van der Waals surface area contributed by atoms with Crippen LogP contribution >= 0.6 is 0 Å². The first-order valence-electron chi connectivity index (χ1n) is 6.04. The summed E-state index contributed by atoms with van der Waals surface area (Å²) in [4.78, 5) is 0. The minimum atomic E-state index is -0.393. The maximum atomic E-state index is 8.94. The molecule has 0 aliphatic heterocycles. The van der Waals surface area contributed by atoms with Crippen LogP contribution in [-0.2, 0) is 0 Å². The summed E-state index contributed by atoms with van der Waals surface area (Å²) in [5.41, 5.74) is -0.0690. The van der Waals surface area contributed by atoms with Gasteiger partial charge in [0.1, 0.15) is 5.54 Å². The first kappa shape index (κ1) is 12.5. The van der Waals surface area contributed by atoms with Crippen molar-refractivity contribution in [2.75, 3.05) is 6.54 Å². The predicted octanol–water partition coefficient (Wildman–Crippen LogP) is 3.09. The first-order valence-corrected chi connectivity index (χ1v) is 6.04. The number of nitrogens with one attached hydrogen (secondary N) is 1. The Balaban J connectivity index is 2.46. The van der Waals surface area contributed by atoms with Crippen molar-refractivity contribution in [3.05, 3.63) is 0 Å². The Hall–Kier alpha value is -0.550. The highest BCUT2D eigenvalue weighted by molar-refractivity contribution is 5.01. The average Bonchev–Trinajstić information content (AvgIpc) is 2.69. The zero-order chi connectivity index (χ0) is 11.5. The monoisotopic (exact) mass is 208 g/mol. The molecule has 2 heteroatoms. The third-order valence-electron chi connectivity index (χ3n) is 3.73. The van der Waals surface area contributed by atoms with E-state index in [1.807, 2.05) is 13.8 Å². The summed E-state index contributed by atoms with van der Waals surface area (Å²) in [6.45, 7) is 9.47. The van der Waals surface area contributed by atoms with Gasteiger partial charge in [0.2, 0.25) is 0 Å². The van der Waals surface area contributed by atoms with Crippen molar-refractivity contribution in [1.82, 2.24) is 5.32 Å².